The monoisotopic (exact) mass is 489 g/mol. The first-order valence-electron chi connectivity index (χ1n) is 10.2. The van der Waals surface area contributed by atoms with Crippen molar-refractivity contribution in [2.75, 3.05) is 5.32 Å². The third kappa shape index (κ3) is 5.06. The van der Waals surface area contributed by atoms with E-state index in [1.54, 1.807) is 37.5 Å². The lowest BCUT2D eigenvalue weighted by atomic mass is 10.1. The second kappa shape index (κ2) is 9.90. The molecule has 2 aromatic heterocycles. The maximum atomic E-state index is 13.0. The van der Waals surface area contributed by atoms with E-state index >= 15 is 0 Å². The van der Waals surface area contributed by atoms with Gasteiger partial charge in [-0.25, -0.2) is 0 Å². The predicted octanol–water partition coefficient (Wildman–Crippen LogP) is 5.27. The molecule has 0 fully saturated rings. The highest BCUT2D eigenvalue weighted by Gasteiger charge is 2.28. The van der Waals surface area contributed by atoms with Gasteiger partial charge in [-0.3, -0.25) is 14.6 Å². The molecule has 0 spiro atoms. The zero-order chi connectivity index (χ0) is 22.7. The van der Waals surface area contributed by atoms with Gasteiger partial charge in [-0.05, 0) is 61.6 Å². The van der Waals surface area contributed by atoms with Crippen LogP contribution in [-0.2, 0) is 24.2 Å². The molecule has 0 saturated heterocycles. The van der Waals surface area contributed by atoms with Crippen LogP contribution in [0.15, 0.2) is 42.7 Å². The second-order valence-corrected chi connectivity index (χ2v) is 9.38. The van der Waals surface area contributed by atoms with Crippen LogP contribution in [0.25, 0.3) is 0 Å². The smallest absolute Gasteiger partial charge is 0.265 e. The summed E-state index contributed by atoms with van der Waals surface area (Å²) in [6.07, 6.45) is 5.31. The molecule has 0 aliphatic heterocycles. The Morgan fingerprint density at radius 1 is 1.25 bits per heavy atom. The standard InChI is InChI=1S/C23H21Cl2N3O3S/c1-13(31-18-8-7-15(24)10-17(18)25)21(29)28-23-20(16-5-2-6-19(16)32-23)22(30)27-12-14-4-3-9-26-11-14/h3-4,7-11,13H,2,5-6,12H2,1H3,(H,27,30)(H,28,29). The van der Waals surface area contributed by atoms with Crippen molar-refractivity contribution < 1.29 is 14.3 Å². The zero-order valence-corrected chi connectivity index (χ0v) is 19.6. The zero-order valence-electron chi connectivity index (χ0n) is 17.3. The van der Waals surface area contributed by atoms with Gasteiger partial charge in [0.1, 0.15) is 10.8 Å². The summed E-state index contributed by atoms with van der Waals surface area (Å²) in [6, 6.07) is 8.53. The van der Waals surface area contributed by atoms with E-state index in [0.717, 1.165) is 35.3 Å². The molecule has 2 amide bonds. The first-order chi connectivity index (χ1) is 15.4. The Balaban J connectivity index is 1.48. The number of thiophene rings is 1. The van der Waals surface area contributed by atoms with Crippen molar-refractivity contribution >= 4 is 51.4 Å². The number of anilines is 1. The van der Waals surface area contributed by atoms with Gasteiger partial charge in [-0.15, -0.1) is 11.3 Å². The van der Waals surface area contributed by atoms with Gasteiger partial charge >= 0.3 is 0 Å². The number of nitrogens with zero attached hydrogens (tertiary/aromatic N) is 1. The molecule has 4 rings (SSSR count). The lowest BCUT2D eigenvalue weighted by Gasteiger charge is -2.16. The minimum Gasteiger partial charge on any atom is -0.479 e. The summed E-state index contributed by atoms with van der Waals surface area (Å²) in [5.74, 6) is -0.211. The van der Waals surface area contributed by atoms with Crippen LogP contribution in [0, 0.1) is 0 Å². The summed E-state index contributed by atoms with van der Waals surface area (Å²) in [5.41, 5.74) is 2.46. The van der Waals surface area contributed by atoms with Crippen molar-refractivity contribution in [1.82, 2.24) is 10.3 Å². The largest absolute Gasteiger partial charge is 0.479 e. The van der Waals surface area contributed by atoms with Gasteiger partial charge in [0.05, 0.1) is 10.6 Å². The summed E-state index contributed by atoms with van der Waals surface area (Å²) in [5, 5.41) is 7.17. The highest BCUT2D eigenvalue weighted by atomic mass is 35.5. The van der Waals surface area contributed by atoms with E-state index in [4.69, 9.17) is 27.9 Å². The highest BCUT2D eigenvalue weighted by Crippen LogP contribution is 2.39. The molecule has 2 heterocycles. The summed E-state index contributed by atoms with van der Waals surface area (Å²) < 4.78 is 5.71. The van der Waals surface area contributed by atoms with Crippen LogP contribution >= 0.6 is 34.5 Å². The van der Waals surface area contributed by atoms with E-state index in [2.05, 4.69) is 15.6 Å². The van der Waals surface area contributed by atoms with E-state index < -0.39 is 6.10 Å². The summed E-state index contributed by atoms with van der Waals surface area (Å²) in [6.45, 7) is 1.99. The fourth-order valence-corrected chi connectivity index (χ4v) is 5.28. The summed E-state index contributed by atoms with van der Waals surface area (Å²) in [7, 11) is 0. The van der Waals surface area contributed by atoms with Crippen molar-refractivity contribution in [3.8, 4) is 5.75 Å². The average Bonchev–Trinajstić information content (AvgIpc) is 3.35. The normalized spacial score (nSPS) is 13.3. The molecule has 1 atom stereocenters. The van der Waals surface area contributed by atoms with E-state index in [-0.39, 0.29) is 11.8 Å². The topological polar surface area (TPSA) is 80.3 Å². The van der Waals surface area contributed by atoms with E-state index in [9.17, 15) is 9.59 Å². The Hall–Kier alpha value is -2.61. The Labute approximate surface area is 199 Å². The van der Waals surface area contributed by atoms with E-state index in [0.29, 0.717) is 32.9 Å². The van der Waals surface area contributed by atoms with Crippen molar-refractivity contribution in [2.24, 2.45) is 0 Å². The average molecular weight is 490 g/mol. The number of nitrogens with one attached hydrogen (secondary N) is 2. The number of ether oxygens (including phenoxy) is 1. The van der Waals surface area contributed by atoms with Gasteiger partial charge in [-0.1, -0.05) is 29.3 Å². The third-order valence-electron chi connectivity index (χ3n) is 5.13. The number of carbonyl (C=O) groups excluding carboxylic acids is 2. The number of carbonyl (C=O) groups is 2. The number of aromatic nitrogens is 1. The fourth-order valence-electron chi connectivity index (χ4n) is 3.53. The van der Waals surface area contributed by atoms with Gasteiger partial charge < -0.3 is 15.4 Å². The molecule has 1 aromatic carbocycles. The van der Waals surface area contributed by atoms with Crippen LogP contribution in [0.3, 0.4) is 0 Å². The number of pyridine rings is 1. The van der Waals surface area contributed by atoms with Crippen LogP contribution in [0.4, 0.5) is 5.00 Å². The molecular weight excluding hydrogens is 469 g/mol. The number of benzene rings is 1. The molecule has 0 radical (unpaired) electrons. The number of amides is 2. The lowest BCUT2D eigenvalue weighted by molar-refractivity contribution is -0.122. The minimum atomic E-state index is -0.822. The summed E-state index contributed by atoms with van der Waals surface area (Å²) >= 11 is 13.5. The molecule has 32 heavy (non-hydrogen) atoms. The van der Waals surface area contributed by atoms with Crippen LogP contribution in [0.1, 0.15) is 39.7 Å². The van der Waals surface area contributed by atoms with Crippen LogP contribution < -0.4 is 15.4 Å². The summed E-state index contributed by atoms with van der Waals surface area (Å²) in [4.78, 5) is 31.1. The van der Waals surface area contributed by atoms with Crippen molar-refractivity contribution in [3.05, 3.63) is 74.3 Å². The van der Waals surface area contributed by atoms with Gasteiger partial charge in [0.2, 0.25) is 0 Å². The predicted molar refractivity (Wildman–Crippen MR) is 127 cm³/mol. The lowest BCUT2D eigenvalue weighted by Crippen LogP contribution is -2.31. The van der Waals surface area contributed by atoms with Gasteiger partial charge in [0.15, 0.2) is 6.10 Å². The molecule has 1 aliphatic carbocycles. The van der Waals surface area contributed by atoms with Crippen molar-refractivity contribution in [2.45, 2.75) is 38.8 Å². The Bertz CT molecular complexity index is 1150. The highest BCUT2D eigenvalue weighted by molar-refractivity contribution is 7.17. The van der Waals surface area contributed by atoms with Gasteiger partial charge in [0, 0.05) is 28.8 Å². The maximum absolute atomic E-state index is 13.0. The van der Waals surface area contributed by atoms with Crippen molar-refractivity contribution in [1.29, 1.82) is 0 Å². The Morgan fingerprint density at radius 3 is 2.84 bits per heavy atom. The van der Waals surface area contributed by atoms with Crippen LogP contribution in [0.2, 0.25) is 10.0 Å². The number of hydrogen-bond donors (Lipinski definition) is 2. The first kappa shape index (κ1) is 22.6. The molecule has 166 valence electrons. The molecule has 0 bridgehead atoms. The van der Waals surface area contributed by atoms with Gasteiger partial charge in [-0.2, -0.15) is 0 Å². The molecule has 2 N–H and O–H groups in total. The third-order valence-corrected chi connectivity index (χ3v) is 6.87. The number of rotatable bonds is 7. The number of hydrogen-bond acceptors (Lipinski definition) is 5. The van der Waals surface area contributed by atoms with Crippen LogP contribution in [-0.4, -0.2) is 22.9 Å². The number of halogens is 2. The fraction of sp³-hybridized carbons (Fsp3) is 0.261. The molecule has 1 unspecified atom stereocenters. The van der Waals surface area contributed by atoms with Crippen molar-refractivity contribution in [3.63, 3.8) is 0 Å². The van der Waals surface area contributed by atoms with Crippen LogP contribution in [0.5, 0.6) is 5.75 Å². The van der Waals surface area contributed by atoms with Gasteiger partial charge in [0.25, 0.3) is 11.8 Å². The Morgan fingerprint density at radius 2 is 2.09 bits per heavy atom. The SMILES string of the molecule is CC(Oc1ccc(Cl)cc1Cl)C(=O)Nc1sc2c(c1C(=O)NCc1cccnc1)CCC2. The maximum Gasteiger partial charge on any atom is 0.265 e. The first-order valence-corrected chi connectivity index (χ1v) is 11.7. The van der Waals surface area contributed by atoms with E-state index in [1.807, 2.05) is 12.1 Å². The molecule has 6 nitrogen and oxygen atoms in total. The number of fused-ring (bicyclic) bond motifs is 1. The molecule has 1 aliphatic rings. The quantitative estimate of drug-likeness (QED) is 0.473. The van der Waals surface area contributed by atoms with E-state index in [1.165, 1.54) is 11.3 Å². The number of aryl methyl sites for hydroxylation is 1. The molecule has 9 heteroatoms. The molecule has 3 aromatic rings. The molecule has 0 saturated carbocycles. The second-order valence-electron chi connectivity index (χ2n) is 7.43. The molecular formula is C23H21Cl2N3O3S. The minimum absolute atomic E-state index is 0.210. The Kier molecular flexibility index (Phi) is 6.98.